The molecule has 1 aromatic carbocycles. The molecule has 1 atom stereocenters. The smallest absolute Gasteiger partial charge is 0.327 e. The fourth-order valence-electron chi connectivity index (χ4n) is 4.72. The standard InChI is InChI=1S/C25H28F2N6O4S/c1-4-20(29-37-3)24(34)32-12-10-31(11-13-32)19-7-5-6-17(14-19)21-8-9-22-23(28-21)30(2)38(35,36)33(22)16-18-15-25(18,26)27/h4-9,14,18H,1,10-13,15-16H2,2-3H3. The molecule has 0 N–H and O–H groups in total. The molecule has 3 heterocycles. The Morgan fingerprint density at radius 1 is 1.24 bits per heavy atom. The zero-order chi connectivity index (χ0) is 27.2. The zero-order valence-corrected chi connectivity index (χ0v) is 21.9. The minimum absolute atomic E-state index is 0.155. The summed E-state index contributed by atoms with van der Waals surface area (Å²) >= 11 is 0. The third-order valence-corrected chi connectivity index (χ3v) is 8.83. The van der Waals surface area contributed by atoms with E-state index in [0.29, 0.717) is 37.6 Å². The summed E-state index contributed by atoms with van der Waals surface area (Å²) in [5.41, 5.74) is 2.73. The van der Waals surface area contributed by atoms with Crippen molar-refractivity contribution in [3.8, 4) is 11.3 Å². The van der Waals surface area contributed by atoms with Gasteiger partial charge < -0.3 is 14.6 Å². The van der Waals surface area contributed by atoms with Crippen LogP contribution in [0.25, 0.3) is 11.3 Å². The lowest BCUT2D eigenvalue weighted by Crippen LogP contribution is -2.50. The second kappa shape index (κ2) is 9.53. The van der Waals surface area contributed by atoms with Crippen LogP contribution in [0.4, 0.5) is 26.0 Å². The first-order valence-corrected chi connectivity index (χ1v) is 13.5. The molecule has 1 amide bonds. The van der Waals surface area contributed by atoms with Crippen LogP contribution in [0.5, 0.6) is 0 Å². The Balaban J connectivity index is 1.33. The summed E-state index contributed by atoms with van der Waals surface area (Å²) in [4.78, 5) is 25.8. The van der Waals surface area contributed by atoms with E-state index in [9.17, 15) is 22.0 Å². The van der Waals surface area contributed by atoms with Gasteiger partial charge in [0.05, 0.1) is 11.4 Å². The highest BCUT2D eigenvalue weighted by atomic mass is 32.2. The molecule has 3 aliphatic rings. The first-order valence-electron chi connectivity index (χ1n) is 12.1. The van der Waals surface area contributed by atoms with Gasteiger partial charge in [-0.05, 0) is 30.3 Å². The van der Waals surface area contributed by atoms with E-state index in [1.165, 1.54) is 20.2 Å². The van der Waals surface area contributed by atoms with Gasteiger partial charge in [-0.2, -0.15) is 8.42 Å². The molecule has 5 rings (SSSR count). The van der Waals surface area contributed by atoms with E-state index in [-0.39, 0.29) is 30.4 Å². The quantitative estimate of drug-likeness (QED) is 0.391. The van der Waals surface area contributed by atoms with Gasteiger partial charge in [0, 0.05) is 63.4 Å². The van der Waals surface area contributed by atoms with E-state index in [1.807, 2.05) is 24.3 Å². The maximum atomic E-state index is 13.5. The van der Waals surface area contributed by atoms with Crippen molar-refractivity contribution in [2.75, 3.05) is 60.4 Å². The van der Waals surface area contributed by atoms with Crippen LogP contribution >= 0.6 is 0 Å². The Bertz CT molecular complexity index is 1410. The number of hydrogen-bond donors (Lipinski definition) is 0. The molecule has 1 aromatic heterocycles. The van der Waals surface area contributed by atoms with E-state index >= 15 is 0 Å². The number of aromatic nitrogens is 1. The minimum atomic E-state index is -3.97. The number of halogens is 2. The first kappa shape index (κ1) is 25.9. The van der Waals surface area contributed by atoms with Crippen LogP contribution in [0, 0.1) is 5.92 Å². The van der Waals surface area contributed by atoms with Gasteiger partial charge in [0.25, 0.3) is 11.8 Å². The Labute approximate surface area is 220 Å². The fraction of sp³-hybridized carbons (Fsp3) is 0.400. The number of alkyl halides is 2. The van der Waals surface area contributed by atoms with Crippen molar-refractivity contribution in [3.63, 3.8) is 0 Å². The highest BCUT2D eigenvalue weighted by molar-refractivity contribution is 7.94. The molecule has 1 saturated carbocycles. The topological polar surface area (TPSA) is 98.6 Å². The van der Waals surface area contributed by atoms with Gasteiger partial charge in [-0.15, -0.1) is 0 Å². The van der Waals surface area contributed by atoms with Crippen molar-refractivity contribution in [2.24, 2.45) is 11.1 Å². The molecule has 1 saturated heterocycles. The van der Waals surface area contributed by atoms with Crippen LogP contribution in [-0.2, 0) is 19.8 Å². The molecule has 10 nitrogen and oxygen atoms in total. The van der Waals surface area contributed by atoms with Gasteiger partial charge in [-0.3, -0.25) is 4.79 Å². The van der Waals surface area contributed by atoms with Crippen molar-refractivity contribution < 1.29 is 26.8 Å². The number of hydrogen-bond acceptors (Lipinski definition) is 7. The zero-order valence-electron chi connectivity index (χ0n) is 21.0. The van der Waals surface area contributed by atoms with Gasteiger partial charge in [0.2, 0.25) is 0 Å². The lowest BCUT2D eigenvalue weighted by Gasteiger charge is -2.36. The predicted octanol–water partition coefficient (Wildman–Crippen LogP) is 2.74. The van der Waals surface area contributed by atoms with Gasteiger partial charge in [-0.1, -0.05) is 23.9 Å². The Morgan fingerprint density at radius 3 is 2.58 bits per heavy atom. The molecule has 2 fully saturated rings. The van der Waals surface area contributed by atoms with Gasteiger partial charge in [0.1, 0.15) is 7.11 Å². The van der Waals surface area contributed by atoms with Crippen LogP contribution < -0.4 is 13.5 Å². The summed E-state index contributed by atoms with van der Waals surface area (Å²) in [6.07, 6.45) is 1.06. The summed E-state index contributed by atoms with van der Waals surface area (Å²) in [6.45, 7) is 5.53. The number of anilines is 3. The molecule has 2 aromatic rings. The Hall–Kier alpha value is -3.74. The number of nitrogens with zero attached hydrogens (tertiary/aromatic N) is 6. The number of piperazine rings is 1. The summed E-state index contributed by atoms with van der Waals surface area (Å²) < 4.78 is 54.9. The molecule has 0 spiro atoms. The van der Waals surface area contributed by atoms with Crippen molar-refractivity contribution in [1.82, 2.24) is 9.88 Å². The second-order valence-electron chi connectivity index (χ2n) is 9.40. The van der Waals surface area contributed by atoms with Gasteiger partial charge in [-0.25, -0.2) is 22.4 Å². The lowest BCUT2D eigenvalue weighted by molar-refractivity contribution is -0.124. The number of oxime groups is 1. The van der Waals surface area contributed by atoms with E-state index < -0.39 is 22.0 Å². The van der Waals surface area contributed by atoms with Crippen molar-refractivity contribution in [1.29, 1.82) is 0 Å². The molecular weight excluding hydrogens is 518 g/mol. The van der Waals surface area contributed by atoms with Crippen LogP contribution in [0.15, 0.2) is 54.2 Å². The number of pyridine rings is 1. The molecule has 0 radical (unpaired) electrons. The second-order valence-corrected chi connectivity index (χ2v) is 11.3. The maximum absolute atomic E-state index is 13.5. The molecule has 13 heteroatoms. The Kier molecular flexibility index (Phi) is 6.49. The SMILES string of the molecule is C=CC(=NOC)C(=O)N1CCN(c2cccc(-c3ccc4c(n3)N(C)S(=O)(=O)N4CC3CC3(F)F)c2)CC1. The number of carbonyl (C=O) groups is 1. The van der Waals surface area contributed by atoms with Crippen LogP contribution in [0.3, 0.4) is 0 Å². The van der Waals surface area contributed by atoms with Crippen LogP contribution in [0.1, 0.15) is 6.42 Å². The van der Waals surface area contributed by atoms with Crippen LogP contribution in [-0.4, -0.2) is 82.7 Å². The van der Waals surface area contributed by atoms with E-state index in [0.717, 1.165) is 19.9 Å². The summed E-state index contributed by atoms with van der Waals surface area (Å²) in [5, 5.41) is 3.72. The fourth-order valence-corrected chi connectivity index (χ4v) is 6.13. The molecule has 2 aliphatic heterocycles. The summed E-state index contributed by atoms with van der Waals surface area (Å²) in [5.74, 6) is -3.84. The molecule has 0 bridgehead atoms. The summed E-state index contributed by atoms with van der Waals surface area (Å²) in [7, 11) is -1.22. The third-order valence-electron chi connectivity index (χ3n) is 7.06. The number of rotatable bonds is 7. The van der Waals surface area contributed by atoms with Gasteiger partial charge in [0.15, 0.2) is 11.5 Å². The van der Waals surface area contributed by atoms with Gasteiger partial charge >= 0.3 is 10.2 Å². The van der Waals surface area contributed by atoms with Crippen molar-refractivity contribution >= 4 is 39.0 Å². The minimum Gasteiger partial charge on any atom is -0.398 e. The lowest BCUT2D eigenvalue weighted by atomic mass is 10.1. The maximum Gasteiger partial charge on any atom is 0.327 e. The number of benzene rings is 1. The van der Waals surface area contributed by atoms with Crippen molar-refractivity contribution in [2.45, 2.75) is 12.3 Å². The molecule has 38 heavy (non-hydrogen) atoms. The highest BCUT2D eigenvalue weighted by Crippen LogP contribution is 2.51. The largest absolute Gasteiger partial charge is 0.398 e. The van der Waals surface area contributed by atoms with Crippen molar-refractivity contribution in [3.05, 3.63) is 49.1 Å². The average molecular weight is 547 g/mol. The monoisotopic (exact) mass is 546 g/mol. The molecular formula is C25H28F2N6O4S. The normalized spacial score (nSPS) is 21.8. The third kappa shape index (κ3) is 4.55. The molecule has 1 unspecified atom stereocenters. The molecule has 1 aliphatic carbocycles. The van der Waals surface area contributed by atoms with E-state index in [1.54, 1.807) is 17.0 Å². The van der Waals surface area contributed by atoms with Crippen LogP contribution in [0.2, 0.25) is 0 Å². The average Bonchev–Trinajstić information content (AvgIpc) is 3.49. The number of amides is 1. The highest BCUT2D eigenvalue weighted by Gasteiger charge is 2.59. The summed E-state index contributed by atoms with van der Waals surface area (Å²) in [6, 6.07) is 11.0. The number of carbonyl (C=O) groups excluding carboxylic acids is 1. The molecule has 202 valence electrons. The Morgan fingerprint density at radius 2 is 1.95 bits per heavy atom. The van der Waals surface area contributed by atoms with E-state index in [2.05, 4.69) is 21.6 Å². The number of fused-ring (bicyclic) bond motifs is 1. The first-order chi connectivity index (χ1) is 18.1. The predicted molar refractivity (Wildman–Crippen MR) is 141 cm³/mol. The van der Waals surface area contributed by atoms with E-state index in [4.69, 9.17) is 4.84 Å².